The van der Waals surface area contributed by atoms with Crippen molar-refractivity contribution in [3.63, 3.8) is 0 Å². The van der Waals surface area contributed by atoms with Gasteiger partial charge in [-0.3, -0.25) is 4.98 Å². The van der Waals surface area contributed by atoms with Crippen LogP contribution >= 0.6 is 0 Å². The van der Waals surface area contributed by atoms with Crippen LogP contribution in [-0.4, -0.2) is 21.7 Å². The number of para-hydroxylation sites is 1. The first-order valence-electron chi connectivity index (χ1n) is 6.01. The normalized spacial score (nSPS) is 13.6. The predicted molar refractivity (Wildman–Crippen MR) is 75.5 cm³/mol. The summed E-state index contributed by atoms with van der Waals surface area (Å²) in [6.07, 6.45) is 1.64. The van der Waals surface area contributed by atoms with Crippen molar-refractivity contribution in [3.8, 4) is 0 Å². The van der Waals surface area contributed by atoms with Gasteiger partial charge in [0.2, 0.25) is 0 Å². The highest BCUT2D eigenvalue weighted by Gasteiger charge is 2.23. The average molecular weight is 245 g/mol. The second-order valence-corrected chi connectivity index (χ2v) is 5.13. The zero-order valence-corrected chi connectivity index (χ0v) is 10.9. The van der Waals surface area contributed by atoms with E-state index in [0.29, 0.717) is 5.69 Å². The van der Waals surface area contributed by atoms with Crippen molar-refractivity contribution in [3.05, 3.63) is 30.5 Å². The van der Waals surface area contributed by atoms with Crippen molar-refractivity contribution in [1.82, 2.24) is 4.98 Å². The standard InChI is InChI=1S/C14H19N3O/c1-9(14(2,3)18)17-13-10-6-4-5-7-12(10)16-8-11(13)15/h4-9,18H,15H2,1-3H3,(H,16,17)/t9-/m1/s1. The largest absolute Gasteiger partial charge is 0.396 e. The molecular formula is C14H19N3O. The summed E-state index contributed by atoms with van der Waals surface area (Å²) in [6, 6.07) is 7.68. The SMILES string of the molecule is C[C@@H](Nc1c(N)cnc2ccccc12)C(C)(C)O. The third-order valence-electron chi connectivity index (χ3n) is 3.23. The predicted octanol–water partition coefficient (Wildman–Crippen LogP) is 2.39. The van der Waals surface area contributed by atoms with E-state index in [2.05, 4.69) is 10.3 Å². The maximum atomic E-state index is 9.99. The Morgan fingerprint density at radius 3 is 2.67 bits per heavy atom. The molecule has 0 aliphatic heterocycles. The van der Waals surface area contributed by atoms with E-state index in [9.17, 15) is 5.11 Å². The fraction of sp³-hybridized carbons (Fsp3) is 0.357. The topological polar surface area (TPSA) is 71.2 Å². The molecule has 96 valence electrons. The summed E-state index contributed by atoms with van der Waals surface area (Å²) >= 11 is 0. The van der Waals surface area contributed by atoms with Crippen LogP contribution in [-0.2, 0) is 0 Å². The third kappa shape index (κ3) is 2.38. The van der Waals surface area contributed by atoms with Crippen LogP contribution < -0.4 is 11.1 Å². The molecule has 0 saturated heterocycles. The van der Waals surface area contributed by atoms with Gasteiger partial charge in [-0.1, -0.05) is 18.2 Å². The molecule has 2 aromatic rings. The third-order valence-corrected chi connectivity index (χ3v) is 3.23. The maximum absolute atomic E-state index is 9.99. The van der Waals surface area contributed by atoms with Crippen LogP contribution in [0, 0.1) is 0 Å². The summed E-state index contributed by atoms with van der Waals surface area (Å²) in [5.74, 6) is 0. The monoisotopic (exact) mass is 245 g/mol. The summed E-state index contributed by atoms with van der Waals surface area (Å²) in [5.41, 5.74) is 7.45. The van der Waals surface area contributed by atoms with Crippen molar-refractivity contribution >= 4 is 22.3 Å². The van der Waals surface area contributed by atoms with Crippen LogP contribution in [0.3, 0.4) is 0 Å². The fourth-order valence-electron chi connectivity index (χ4n) is 1.71. The van der Waals surface area contributed by atoms with Crippen molar-refractivity contribution in [2.24, 2.45) is 0 Å². The number of nitrogens with zero attached hydrogens (tertiary/aromatic N) is 1. The molecule has 0 aliphatic carbocycles. The number of nitrogens with two attached hydrogens (primary N) is 1. The first kappa shape index (κ1) is 12.6. The van der Waals surface area contributed by atoms with E-state index in [0.717, 1.165) is 16.6 Å². The summed E-state index contributed by atoms with van der Waals surface area (Å²) in [5, 5.41) is 14.2. The molecule has 0 aliphatic rings. The quantitative estimate of drug-likeness (QED) is 0.776. The zero-order valence-electron chi connectivity index (χ0n) is 10.9. The average Bonchev–Trinajstić information content (AvgIpc) is 2.31. The number of hydrogen-bond acceptors (Lipinski definition) is 4. The molecule has 2 rings (SSSR count). The number of nitrogen functional groups attached to an aromatic ring is 1. The van der Waals surface area contributed by atoms with Crippen LogP contribution in [0.2, 0.25) is 0 Å². The van der Waals surface area contributed by atoms with Gasteiger partial charge in [-0.25, -0.2) is 0 Å². The van der Waals surface area contributed by atoms with Crippen molar-refractivity contribution < 1.29 is 5.11 Å². The Balaban J connectivity index is 2.47. The minimum Gasteiger partial charge on any atom is -0.396 e. The number of pyridine rings is 1. The number of fused-ring (bicyclic) bond motifs is 1. The van der Waals surface area contributed by atoms with Crippen LogP contribution in [0.4, 0.5) is 11.4 Å². The molecule has 1 heterocycles. The summed E-state index contributed by atoms with van der Waals surface area (Å²) in [7, 11) is 0. The van der Waals surface area contributed by atoms with E-state index in [-0.39, 0.29) is 6.04 Å². The Hall–Kier alpha value is -1.81. The molecule has 0 amide bonds. The number of benzene rings is 1. The van der Waals surface area contributed by atoms with Crippen LogP contribution in [0.1, 0.15) is 20.8 Å². The van der Waals surface area contributed by atoms with E-state index >= 15 is 0 Å². The Labute approximate surface area is 107 Å². The first-order chi connectivity index (χ1) is 8.39. The Kier molecular flexibility index (Phi) is 3.13. The maximum Gasteiger partial charge on any atom is 0.0789 e. The van der Waals surface area contributed by atoms with Crippen molar-refractivity contribution in [1.29, 1.82) is 0 Å². The van der Waals surface area contributed by atoms with Gasteiger partial charge in [-0.15, -0.1) is 0 Å². The Morgan fingerprint density at radius 1 is 1.33 bits per heavy atom. The van der Waals surface area contributed by atoms with Gasteiger partial charge in [0.1, 0.15) is 0 Å². The smallest absolute Gasteiger partial charge is 0.0789 e. The van der Waals surface area contributed by atoms with Gasteiger partial charge in [0, 0.05) is 5.39 Å². The Bertz CT molecular complexity index is 560. The molecular weight excluding hydrogens is 226 g/mol. The molecule has 0 bridgehead atoms. The van der Waals surface area contributed by atoms with Gasteiger partial charge in [-0.2, -0.15) is 0 Å². The summed E-state index contributed by atoms with van der Waals surface area (Å²) < 4.78 is 0. The minimum absolute atomic E-state index is 0.120. The molecule has 0 unspecified atom stereocenters. The van der Waals surface area contributed by atoms with Crippen molar-refractivity contribution in [2.75, 3.05) is 11.1 Å². The summed E-state index contributed by atoms with van der Waals surface area (Å²) in [6.45, 7) is 5.46. The van der Waals surface area contributed by atoms with Gasteiger partial charge in [-0.05, 0) is 26.8 Å². The molecule has 4 nitrogen and oxygen atoms in total. The van der Waals surface area contributed by atoms with E-state index in [1.54, 1.807) is 20.0 Å². The molecule has 4 N–H and O–H groups in total. The highest BCUT2D eigenvalue weighted by atomic mass is 16.3. The van der Waals surface area contributed by atoms with Gasteiger partial charge >= 0.3 is 0 Å². The molecule has 1 aromatic heterocycles. The number of aliphatic hydroxyl groups is 1. The molecule has 4 heteroatoms. The lowest BCUT2D eigenvalue weighted by molar-refractivity contribution is 0.0650. The molecule has 1 atom stereocenters. The molecule has 18 heavy (non-hydrogen) atoms. The van der Waals surface area contributed by atoms with Gasteiger partial charge in [0.15, 0.2) is 0 Å². The first-order valence-corrected chi connectivity index (χ1v) is 6.01. The number of aromatic nitrogens is 1. The lowest BCUT2D eigenvalue weighted by Gasteiger charge is -2.28. The number of hydrogen-bond donors (Lipinski definition) is 3. The van der Waals surface area contributed by atoms with Crippen molar-refractivity contribution in [2.45, 2.75) is 32.4 Å². The van der Waals surface area contributed by atoms with E-state index in [4.69, 9.17) is 5.73 Å². The molecule has 0 fully saturated rings. The second-order valence-electron chi connectivity index (χ2n) is 5.13. The number of nitrogens with one attached hydrogen (secondary N) is 1. The Morgan fingerprint density at radius 2 is 2.00 bits per heavy atom. The molecule has 1 aromatic carbocycles. The number of anilines is 2. The minimum atomic E-state index is -0.823. The van der Waals surface area contributed by atoms with Crippen LogP contribution in [0.15, 0.2) is 30.5 Å². The van der Waals surface area contributed by atoms with E-state index in [1.807, 2.05) is 31.2 Å². The van der Waals surface area contributed by atoms with Gasteiger partial charge < -0.3 is 16.2 Å². The fourth-order valence-corrected chi connectivity index (χ4v) is 1.71. The van der Waals surface area contributed by atoms with Crippen LogP contribution in [0.5, 0.6) is 0 Å². The highest BCUT2D eigenvalue weighted by Crippen LogP contribution is 2.29. The lowest BCUT2D eigenvalue weighted by Crippen LogP contribution is -2.39. The number of rotatable bonds is 3. The lowest BCUT2D eigenvalue weighted by atomic mass is 10.00. The molecule has 0 saturated carbocycles. The van der Waals surface area contributed by atoms with Gasteiger partial charge in [0.05, 0.1) is 34.7 Å². The van der Waals surface area contributed by atoms with Gasteiger partial charge in [0.25, 0.3) is 0 Å². The zero-order chi connectivity index (χ0) is 13.3. The molecule has 0 spiro atoms. The van der Waals surface area contributed by atoms with E-state index < -0.39 is 5.60 Å². The second kappa shape index (κ2) is 4.46. The highest BCUT2D eigenvalue weighted by molar-refractivity contribution is 5.96. The summed E-state index contributed by atoms with van der Waals surface area (Å²) in [4.78, 5) is 4.28. The molecule has 0 radical (unpaired) electrons. The van der Waals surface area contributed by atoms with E-state index in [1.165, 1.54) is 0 Å². The van der Waals surface area contributed by atoms with Crippen LogP contribution in [0.25, 0.3) is 10.9 Å².